The summed E-state index contributed by atoms with van der Waals surface area (Å²) < 4.78 is 28.5. The van der Waals surface area contributed by atoms with Gasteiger partial charge >= 0.3 is 0 Å². The van der Waals surface area contributed by atoms with Gasteiger partial charge in [-0.3, -0.25) is 4.79 Å². The Morgan fingerprint density at radius 1 is 1.17 bits per heavy atom. The molecular weight excluding hydrogens is 350 g/mol. The van der Waals surface area contributed by atoms with Crippen LogP contribution in [0, 0.1) is 6.92 Å². The summed E-state index contributed by atoms with van der Waals surface area (Å²) in [5.41, 5.74) is 1.33. The Bertz CT molecular complexity index is 847. The topological polar surface area (TPSA) is 72.5 Å². The van der Waals surface area contributed by atoms with Crippen LogP contribution in [0.2, 0.25) is 5.02 Å². The van der Waals surface area contributed by atoms with Gasteiger partial charge in [-0.25, -0.2) is 8.42 Å². The van der Waals surface area contributed by atoms with Crippen LogP contribution >= 0.6 is 11.6 Å². The van der Waals surface area contributed by atoms with Crippen LogP contribution in [-0.4, -0.2) is 26.7 Å². The van der Waals surface area contributed by atoms with Crippen molar-refractivity contribution in [3.05, 3.63) is 53.1 Å². The van der Waals surface area contributed by atoms with Crippen molar-refractivity contribution in [2.24, 2.45) is 0 Å². The van der Waals surface area contributed by atoms with Crippen molar-refractivity contribution in [2.45, 2.75) is 24.8 Å². The van der Waals surface area contributed by atoms with Crippen LogP contribution in [0.1, 0.15) is 12.5 Å². The second-order valence-corrected chi connectivity index (χ2v) is 7.91. The molecule has 1 amide bonds. The number of halogens is 1. The number of hydrogen-bond donors (Lipinski definition) is 1. The van der Waals surface area contributed by atoms with Crippen LogP contribution in [0.3, 0.4) is 0 Å². The highest BCUT2D eigenvalue weighted by Gasteiger charge is 2.16. The molecule has 0 heterocycles. The molecule has 0 aliphatic rings. The van der Waals surface area contributed by atoms with Crippen LogP contribution in [0.4, 0.5) is 5.69 Å². The average molecular weight is 368 g/mol. The minimum absolute atomic E-state index is 0.196. The number of nitrogens with one attached hydrogen (secondary N) is 1. The molecule has 2 rings (SSSR count). The lowest BCUT2D eigenvalue weighted by molar-refractivity contribution is -0.122. The van der Waals surface area contributed by atoms with Gasteiger partial charge in [-0.05, 0) is 61.9 Å². The number of sulfone groups is 1. The molecule has 0 saturated carbocycles. The molecule has 0 unspecified atom stereocenters. The molecule has 5 nitrogen and oxygen atoms in total. The zero-order chi connectivity index (χ0) is 17.9. The predicted octanol–water partition coefficient (Wildman–Crippen LogP) is 3.46. The highest BCUT2D eigenvalue weighted by atomic mass is 35.5. The fraction of sp³-hybridized carbons (Fsp3) is 0.235. The molecule has 0 aromatic heterocycles. The van der Waals surface area contributed by atoms with E-state index in [1.54, 1.807) is 25.1 Å². The number of hydrogen-bond acceptors (Lipinski definition) is 4. The van der Waals surface area contributed by atoms with Gasteiger partial charge in [0, 0.05) is 17.0 Å². The molecule has 2 aromatic rings. The Morgan fingerprint density at radius 3 is 2.33 bits per heavy atom. The van der Waals surface area contributed by atoms with Crippen molar-refractivity contribution >= 4 is 33.0 Å². The monoisotopic (exact) mass is 367 g/mol. The van der Waals surface area contributed by atoms with Crippen molar-refractivity contribution in [1.29, 1.82) is 0 Å². The molecule has 0 radical (unpaired) electrons. The predicted molar refractivity (Wildman–Crippen MR) is 94.5 cm³/mol. The molecule has 2 aromatic carbocycles. The van der Waals surface area contributed by atoms with Crippen molar-refractivity contribution in [1.82, 2.24) is 0 Å². The molecule has 0 fully saturated rings. The second kappa shape index (κ2) is 7.23. The summed E-state index contributed by atoms with van der Waals surface area (Å²) in [6, 6.07) is 11.1. The van der Waals surface area contributed by atoms with Gasteiger partial charge in [-0.2, -0.15) is 0 Å². The summed E-state index contributed by atoms with van der Waals surface area (Å²) in [7, 11) is -3.26. The fourth-order valence-corrected chi connectivity index (χ4v) is 2.88. The second-order valence-electron chi connectivity index (χ2n) is 5.46. The minimum atomic E-state index is -3.26. The maximum Gasteiger partial charge on any atom is 0.265 e. The van der Waals surface area contributed by atoms with E-state index in [9.17, 15) is 13.2 Å². The smallest absolute Gasteiger partial charge is 0.265 e. The lowest BCUT2D eigenvalue weighted by Gasteiger charge is -2.16. The van der Waals surface area contributed by atoms with Gasteiger partial charge in [0.25, 0.3) is 5.91 Å². The first kappa shape index (κ1) is 18.3. The first-order valence-corrected chi connectivity index (χ1v) is 9.47. The largest absolute Gasteiger partial charge is 0.481 e. The quantitative estimate of drug-likeness (QED) is 0.878. The molecule has 7 heteroatoms. The highest BCUT2D eigenvalue weighted by molar-refractivity contribution is 7.90. The van der Waals surface area contributed by atoms with Gasteiger partial charge in [0.15, 0.2) is 15.9 Å². The number of ether oxygens (including phenoxy) is 1. The molecule has 24 heavy (non-hydrogen) atoms. The lowest BCUT2D eigenvalue weighted by Crippen LogP contribution is -2.30. The number of anilines is 1. The fourth-order valence-electron chi connectivity index (χ4n) is 2.02. The lowest BCUT2D eigenvalue weighted by atomic mass is 10.2. The van der Waals surface area contributed by atoms with Gasteiger partial charge in [-0.1, -0.05) is 11.6 Å². The zero-order valence-electron chi connectivity index (χ0n) is 13.5. The Balaban J connectivity index is 2.03. The van der Waals surface area contributed by atoms with E-state index < -0.39 is 15.9 Å². The van der Waals surface area contributed by atoms with E-state index >= 15 is 0 Å². The molecule has 0 bridgehead atoms. The number of benzene rings is 2. The molecule has 128 valence electrons. The molecule has 0 spiro atoms. The van der Waals surface area contributed by atoms with Crippen molar-refractivity contribution in [2.75, 3.05) is 11.6 Å². The number of carbonyl (C=O) groups is 1. The van der Waals surface area contributed by atoms with Crippen LogP contribution in [0.15, 0.2) is 47.4 Å². The van der Waals surface area contributed by atoms with Crippen molar-refractivity contribution in [3.63, 3.8) is 0 Å². The average Bonchev–Trinajstić information content (AvgIpc) is 2.49. The third kappa shape index (κ3) is 4.72. The van der Waals surface area contributed by atoms with E-state index in [0.717, 1.165) is 11.8 Å². The van der Waals surface area contributed by atoms with E-state index in [0.29, 0.717) is 16.5 Å². The summed E-state index contributed by atoms with van der Waals surface area (Å²) >= 11 is 5.89. The van der Waals surface area contributed by atoms with Crippen molar-refractivity contribution < 1.29 is 17.9 Å². The van der Waals surface area contributed by atoms with E-state index in [1.165, 1.54) is 24.3 Å². The van der Waals surface area contributed by atoms with Gasteiger partial charge in [-0.15, -0.1) is 0 Å². The van der Waals surface area contributed by atoms with Crippen LogP contribution in [-0.2, 0) is 14.6 Å². The summed E-state index contributed by atoms with van der Waals surface area (Å²) in [6.45, 7) is 3.48. The summed E-state index contributed by atoms with van der Waals surface area (Å²) in [6.07, 6.45) is 0.407. The Hall–Kier alpha value is -2.05. The third-order valence-electron chi connectivity index (χ3n) is 3.36. The van der Waals surface area contributed by atoms with E-state index in [1.807, 2.05) is 6.92 Å². The molecule has 1 atom stereocenters. The first-order valence-electron chi connectivity index (χ1n) is 7.20. The van der Waals surface area contributed by atoms with E-state index in [-0.39, 0.29) is 10.8 Å². The number of carbonyl (C=O) groups excluding carboxylic acids is 1. The first-order chi connectivity index (χ1) is 11.2. The van der Waals surface area contributed by atoms with Crippen LogP contribution < -0.4 is 10.1 Å². The molecular formula is C17H18ClNO4S. The number of rotatable bonds is 5. The normalized spacial score (nSPS) is 12.5. The van der Waals surface area contributed by atoms with E-state index in [4.69, 9.17) is 16.3 Å². The minimum Gasteiger partial charge on any atom is -0.481 e. The zero-order valence-corrected chi connectivity index (χ0v) is 15.1. The number of aryl methyl sites for hydroxylation is 1. The summed E-state index contributed by atoms with van der Waals surface area (Å²) in [5.74, 6) is 0.242. The molecule has 0 aliphatic carbocycles. The Morgan fingerprint density at radius 2 is 1.79 bits per heavy atom. The van der Waals surface area contributed by atoms with Crippen molar-refractivity contribution in [3.8, 4) is 5.75 Å². The Labute approximate surface area is 146 Å². The summed E-state index contributed by atoms with van der Waals surface area (Å²) in [5, 5.41) is 3.29. The third-order valence-corrected chi connectivity index (χ3v) is 4.72. The maximum atomic E-state index is 12.2. The van der Waals surface area contributed by atoms with Crippen LogP contribution in [0.25, 0.3) is 0 Å². The maximum absolute atomic E-state index is 12.2. The molecule has 0 aliphatic heterocycles. The van der Waals surface area contributed by atoms with Gasteiger partial charge in [0.1, 0.15) is 5.75 Å². The molecule has 0 saturated heterocycles. The molecule has 1 N–H and O–H groups in total. The Kier molecular flexibility index (Phi) is 5.51. The SMILES string of the molecule is Cc1cc(Cl)ccc1O[C@@H](C)C(=O)Nc1ccc(S(C)(=O)=O)cc1. The van der Waals surface area contributed by atoms with Gasteiger partial charge in [0.2, 0.25) is 0 Å². The van der Waals surface area contributed by atoms with E-state index in [2.05, 4.69) is 5.32 Å². The van der Waals surface area contributed by atoms with Gasteiger partial charge in [0.05, 0.1) is 4.90 Å². The van der Waals surface area contributed by atoms with Gasteiger partial charge < -0.3 is 10.1 Å². The van der Waals surface area contributed by atoms with Crippen LogP contribution in [0.5, 0.6) is 5.75 Å². The standard InChI is InChI=1S/C17H18ClNO4S/c1-11-10-13(18)4-9-16(11)23-12(2)17(20)19-14-5-7-15(8-6-14)24(3,21)22/h4-10,12H,1-3H3,(H,19,20)/t12-/m0/s1. The summed E-state index contributed by atoms with van der Waals surface area (Å²) in [4.78, 5) is 12.4. The number of amides is 1. The highest BCUT2D eigenvalue weighted by Crippen LogP contribution is 2.23.